The van der Waals surface area contributed by atoms with E-state index in [1.54, 1.807) is 0 Å². The fraction of sp³-hybridized carbons (Fsp3) is 0.143. The summed E-state index contributed by atoms with van der Waals surface area (Å²) in [5.74, 6) is 0. The summed E-state index contributed by atoms with van der Waals surface area (Å²) >= 11 is 0. The summed E-state index contributed by atoms with van der Waals surface area (Å²) < 4.78 is 0. The van der Waals surface area contributed by atoms with Gasteiger partial charge in [-0.25, -0.2) is 0 Å². The number of nitrogens with zero attached hydrogens (tertiary/aromatic N) is 1. The van der Waals surface area contributed by atoms with E-state index >= 15 is 0 Å². The smallest absolute Gasteiger partial charge is 0.0726 e. The Hall–Kier alpha value is -7.22. The Bertz CT molecular complexity index is 3200. The van der Waals surface area contributed by atoms with Crippen molar-refractivity contribution in [2.45, 2.75) is 56.8 Å². The van der Waals surface area contributed by atoms with E-state index in [-0.39, 0.29) is 10.8 Å². The summed E-state index contributed by atoms with van der Waals surface area (Å²) in [5.41, 5.74) is 24.1. The summed E-state index contributed by atoms with van der Waals surface area (Å²) in [7, 11) is 0. The molecule has 0 aliphatic heterocycles. The quantitative estimate of drug-likeness (QED) is 0.161. The normalized spacial score (nSPS) is 15.4. The number of para-hydroxylation sites is 1. The highest BCUT2D eigenvalue weighted by atomic mass is 15.1. The van der Waals surface area contributed by atoms with Gasteiger partial charge in [0, 0.05) is 16.9 Å². The molecule has 0 aromatic heterocycles. The van der Waals surface area contributed by atoms with Crippen LogP contribution in [0.2, 0.25) is 0 Å². The zero-order valence-corrected chi connectivity index (χ0v) is 37.1. The van der Waals surface area contributed by atoms with Crippen molar-refractivity contribution < 1.29 is 0 Å². The fourth-order valence-corrected chi connectivity index (χ4v) is 11.8. The minimum atomic E-state index is -0.470. The van der Waals surface area contributed by atoms with Crippen LogP contribution in [0, 0.1) is 0 Å². The lowest BCUT2D eigenvalue weighted by molar-refractivity contribution is 0.333. The summed E-state index contributed by atoms with van der Waals surface area (Å²) in [5, 5.41) is 0. The summed E-state index contributed by atoms with van der Waals surface area (Å²) in [6.07, 6.45) is 2.31. The predicted octanol–water partition coefficient (Wildman–Crippen LogP) is 16.8. The van der Waals surface area contributed by atoms with Crippen LogP contribution in [0.5, 0.6) is 0 Å². The number of benzene rings is 9. The molecule has 0 unspecified atom stereocenters. The molecule has 3 aliphatic carbocycles. The van der Waals surface area contributed by atoms with Crippen molar-refractivity contribution in [3.63, 3.8) is 0 Å². The second kappa shape index (κ2) is 14.4. The van der Waals surface area contributed by atoms with Gasteiger partial charge in [-0.05, 0) is 144 Å². The molecule has 64 heavy (non-hydrogen) atoms. The van der Waals surface area contributed by atoms with Crippen LogP contribution in [0.15, 0.2) is 212 Å². The molecule has 0 atom stereocenters. The Labute approximate surface area is 378 Å². The molecule has 0 radical (unpaired) electrons. The highest BCUT2D eigenvalue weighted by Gasteiger charge is 2.52. The Morgan fingerprint density at radius 3 is 1.31 bits per heavy atom. The molecule has 0 saturated carbocycles. The van der Waals surface area contributed by atoms with Crippen molar-refractivity contribution in [1.82, 2.24) is 0 Å². The number of fused-ring (bicyclic) bond motifs is 11. The highest BCUT2D eigenvalue weighted by molar-refractivity contribution is 6.00. The molecular formula is C63H51N. The van der Waals surface area contributed by atoms with Gasteiger partial charge in [-0.2, -0.15) is 0 Å². The molecule has 0 fully saturated rings. The highest BCUT2D eigenvalue weighted by Crippen LogP contribution is 2.64. The summed E-state index contributed by atoms with van der Waals surface area (Å²) in [6.45, 7) is 9.82. The monoisotopic (exact) mass is 821 g/mol. The molecule has 1 nitrogen and oxygen atoms in total. The molecule has 0 heterocycles. The summed E-state index contributed by atoms with van der Waals surface area (Å²) in [6, 6.07) is 79.7. The van der Waals surface area contributed by atoms with Gasteiger partial charge < -0.3 is 4.90 Å². The maximum Gasteiger partial charge on any atom is 0.0726 e. The Morgan fingerprint density at radius 1 is 0.312 bits per heavy atom. The number of hydrogen-bond donors (Lipinski definition) is 0. The largest absolute Gasteiger partial charge is 0.310 e. The standard InChI is InChI=1S/C63H51N/c1-61(2)38-39-62(3,4)60-51(25-17-29-57(60)61)53-40-52-50-24-13-16-28-56(50)63(54-26-14-11-22-48(54)49-23-12-15-27-55(49)63)58(52)41-59(53)64(46-20-9-6-10-21-46)47-36-34-45(35-37-47)44-32-30-43(31-33-44)42-18-7-5-8-19-42/h5-37,40-41H,38-39H2,1-4H3. The molecule has 0 bridgehead atoms. The van der Waals surface area contributed by atoms with Gasteiger partial charge in [0.05, 0.1) is 11.1 Å². The van der Waals surface area contributed by atoms with Crippen LogP contribution in [0.3, 0.4) is 0 Å². The molecule has 12 rings (SSSR count). The topological polar surface area (TPSA) is 3.24 Å². The van der Waals surface area contributed by atoms with Crippen molar-refractivity contribution in [3.05, 3.63) is 246 Å². The van der Waals surface area contributed by atoms with Crippen LogP contribution >= 0.6 is 0 Å². The van der Waals surface area contributed by atoms with Crippen LogP contribution in [0.25, 0.3) is 55.6 Å². The van der Waals surface area contributed by atoms with E-state index in [0.717, 1.165) is 17.8 Å². The lowest BCUT2D eigenvalue weighted by atomic mass is 9.61. The van der Waals surface area contributed by atoms with E-state index in [1.807, 2.05) is 0 Å². The molecule has 0 amide bonds. The molecule has 0 N–H and O–H groups in total. The first-order valence-corrected chi connectivity index (χ1v) is 23.0. The van der Waals surface area contributed by atoms with Gasteiger partial charge in [-0.3, -0.25) is 0 Å². The van der Waals surface area contributed by atoms with Crippen molar-refractivity contribution in [2.75, 3.05) is 4.90 Å². The molecule has 9 aromatic rings. The third kappa shape index (κ3) is 5.70. The number of hydrogen-bond acceptors (Lipinski definition) is 1. The molecule has 3 aliphatic rings. The maximum absolute atomic E-state index is 2.59. The van der Waals surface area contributed by atoms with Crippen molar-refractivity contribution in [3.8, 4) is 55.6 Å². The Morgan fingerprint density at radius 2 is 0.734 bits per heavy atom. The first kappa shape index (κ1) is 38.5. The Kier molecular flexibility index (Phi) is 8.66. The molecule has 1 heteroatoms. The van der Waals surface area contributed by atoms with Crippen LogP contribution in [-0.4, -0.2) is 0 Å². The average Bonchev–Trinajstić information content (AvgIpc) is 3.80. The van der Waals surface area contributed by atoms with Crippen LogP contribution in [0.4, 0.5) is 17.1 Å². The van der Waals surface area contributed by atoms with Gasteiger partial charge >= 0.3 is 0 Å². The third-order valence-corrected chi connectivity index (χ3v) is 15.0. The SMILES string of the molecule is CC1(C)CCC(C)(C)c2c(-c3cc4c(cc3N(c3ccccc3)c3ccc(-c5ccc(-c6ccccc6)cc5)cc3)C3(c5ccccc5-c5ccccc53)c3ccccc3-4)cccc21. The van der Waals surface area contributed by atoms with Gasteiger partial charge in [0.15, 0.2) is 0 Å². The van der Waals surface area contributed by atoms with Gasteiger partial charge in [0.25, 0.3) is 0 Å². The van der Waals surface area contributed by atoms with E-state index in [4.69, 9.17) is 0 Å². The van der Waals surface area contributed by atoms with E-state index in [9.17, 15) is 0 Å². The fourth-order valence-electron chi connectivity index (χ4n) is 11.8. The van der Waals surface area contributed by atoms with E-state index in [1.165, 1.54) is 101 Å². The first-order chi connectivity index (χ1) is 31.2. The van der Waals surface area contributed by atoms with Crippen LogP contribution in [-0.2, 0) is 16.2 Å². The first-order valence-electron chi connectivity index (χ1n) is 23.0. The second-order valence-corrected chi connectivity index (χ2v) is 19.5. The lowest BCUT2D eigenvalue weighted by Gasteiger charge is -2.43. The average molecular weight is 822 g/mol. The van der Waals surface area contributed by atoms with Crippen LogP contribution in [0.1, 0.15) is 73.9 Å². The van der Waals surface area contributed by atoms with Gasteiger partial charge in [-0.1, -0.05) is 204 Å². The van der Waals surface area contributed by atoms with Crippen molar-refractivity contribution in [2.24, 2.45) is 0 Å². The zero-order chi connectivity index (χ0) is 43.2. The second-order valence-electron chi connectivity index (χ2n) is 19.5. The van der Waals surface area contributed by atoms with Crippen molar-refractivity contribution in [1.29, 1.82) is 0 Å². The van der Waals surface area contributed by atoms with Gasteiger partial charge in [0.1, 0.15) is 0 Å². The van der Waals surface area contributed by atoms with E-state index in [0.29, 0.717) is 0 Å². The number of rotatable bonds is 6. The molecule has 0 saturated heterocycles. The van der Waals surface area contributed by atoms with Gasteiger partial charge in [0.2, 0.25) is 0 Å². The predicted molar refractivity (Wildman–Crippen MR) is 269 cm³/mol. The Balaban J connectivity index is 1.13. The van der Waals surface area contributed by atoms with Crippen LogP contribution < -0.4 is 4.90 Å². The van der Waals surface area contributed by atoms with E-state index in [2.05, 4.69) is 245 Å². The molecular weight excluding hydrogens is 771 g/mol. The van der Waals surface area contributed by atoms with Crippen molar-refractivity contribution >= 4 is 17.1 Å². The number of anilines is 3. The minimum absolute atomic E-state index is 0.00449. The lowest BCUT2D eigenvalue weighted by Crippen LogP contribution is -2.34. The maximum atomic E-state index is 2.59. The third-order valence-electron chi connectivity index (χ3n) is 15.0. The molecule has 9 aromatic carbocycles. The zero-order valence-electron chi connectivity index (χ0n) is 37.1. The molecule has 1 spiro atoms. The molecule has 308 valence electrons. The summed E-state index contributed by atoms with van der Waals surface area (Å²) in [4.78, 5) is 2.53. The van der Waals surface area contributed by atoms with E-state index < -0.39 is 5.41 Å². The minimum Gasteiger partial charge on any atom is -0.310 e. The van der Waals surface area contributed by atoms with Gasteiger partial charge in [-0.15, -0.1) is 0 Å².